The maximum Gasteiger partial charge on any atom is 0.243 e. The number of nitrogens with zero attached hydrogens (tertiary/aromatic N) is 4. The second-order valence-corrected chi connectivity index (χ2v) is 8.78. The van der Waals surface area contributed by atoms with E-state index >= 15 is 0 Å². The fraction of sp³-hybridized carbons (Fsp3) is 0.444. The van der Waals surface area contributed by atoms with E-state index in [1.165, 1.54) is 10.4 Å². The molecule has 0 bridgehead atoms. The highest BCUT2D eigenvalue weighted by molar-refractivity contribution is 7.89. The molecule has 1 aromatic carbocycles. The van der Waals surface area contributed by atoms with Gasteiger partial charge in [-0.2, -0.15) is 4.31 Å². The second-order valence-electron chi connectivity index (χ2n) is 6.85. The lowest BCUT2D eigenvalue weighted by molar-refractivity contribution is 0.0325. The number of ether oxygens (including phenoxy) is 3. The first-order chi connectivity index (χ1) is 13.6. The van der Waals surface area contributed by atoms with Gasteiger partial charge < -0.3 is 19.1 Å². The Balaban J connectivity index is 1.41. The summed E-state index contributed by atoms with van der Waals surface area (Å²) in [5.41, 5.74) is 0. The number of rotatable bonds is 3. The van der Waals surface area contributed by atoms with Crippen LogP contribution in [0.5, 0.6) is 11.5 Å². The molecule has 0 saturated carbocycles. The van der Waals surface area contributed by atoms with Crippen molar-refractivity contribution in [2.24, 2.45) is 0 Å². The van der Waals surface area contributed by atoms with Crippen molar-refractivity contribution in [1.29, 1.82) is 0 Å². The lowest BCUT2D eigenvalue weighted by atomic mass is 10.1. The average Bonchev–Trinajstić information content (AvgIpc) is 3.19. The fourth-order valence-electron chi connectivity index (χ4n) is 3.87. The Morgan fingerprint density at radius 1 is 1.00 bits per heavy atom. The van der Waals surface area contributed by atoms with E-state index in [2.05, 4.69) is 9.97 Å². The molecule has 28 heavy (non-hydrogen) atoms. The summed E-state index contributed by atoms with van der Waals surface area (Å²) in [4.78, 5) is 10.9. The number of sulfonamides is 1. The maximum atomic E-state index is 13.2. The lowest BCUT2D eigenvalue weighted by Crippen LogP contribution is -2.51. The van der Waals surface area contributed by atoms with Crippen LogP contribution in [0.15, 0.2) is 41.6 Å². The molecular formula is C18H20N4O5S. The molecule has 0 amide bonds. The minimum Gasteiger partial charge on any atom is -0.486 e. The van der Waals surface area contributed by atoms with Gasteiger partial charge in [0.1, 0.15) is 13.2 Å². The van der Waals surface area contributed by atoms with E-state index in [4.69, 9.17) is 14.2 Å². The van der Waals surface area contributed by atoms with Crippen molar-refractivity contribution in [3.05, 3.63) is 36.7 Å². The van der Waals surface area contributed by atoms with E-state index in [-0.39, 0.29) is 17.0 Å². The third-order valence-corrected chi connectivity index (χ3v) is 7.06. The smallest absolute Gasteiger partial charge is 0.243 e. The van der Waals surface area contributed by atoms with Gasteiger partial charge in [-0.1, -0.05) is 0 Å². The van der Waals surface area contributed by atoms with Gasteiger partial charge in [-0.25, -0.2) is 18.4 Å². The van der Waals surface area contributed by atoms with Gasteiger partial charge in [0.15, 0.2) is 11.5 Å². The van der Waals surface area contributed by atoms with Crippen LogP contribution < -0.4 is 14.4 Å². The number of anilines is 1. The van der Waals surface area contributed by atoms with Crippen molar-refractivity contribution < 1.29 is 22.6 Å². The van der Waals surface area contributed by atoms with Crippen molar-refractivity contribution in [3.8, 4) is 11.5 Å². The zero-order valence-corrected chi connectivity index (χ0v) is 15.9. The second kappa shape index (κ2) is 6.87. The molecule has 0 N–H and O–H groups in total. The van der Waals surface area contributed by atoms with Crippen LogP contribution in [0.4, 0.5) is 5.95 Å². The van der Waals surface area contributed by atoms with Crippen LogP contribution in [0.3, 0.4) is 0 Å². The number of morpholine rings is 1. The third-order valence-electron chi connectivity index (χ3n) is 5.23. The molecule has 0 radical (unpaired) electrons. The van der Waals surface area contributed by atoms with E-state index in [1.807, 2.05) is 4.90 Å². The van der Waals surface area contributed by atoms with Gasteiger partial charge in [0.25, 0.3) is 0 Å². The van der Waals surface area contributed by atoms with Crippen LogP contribution in [0.2, 0.25) is 0 Å². The van der Waals surface area contributed by atoms with Gasteiger partial charge in [-0.15, -0.1) is 0 Å². The monoisotopic (exact) mass is 404 g/mol. The lowest BCUT2D eigenvalue weighted by Gasteiger charge is -2.36. The van der Waals surface area contributed by atoms with Crippen LogP contribution in [-0.4, -0.2) is 74.3 Å². The van der Waals surface area contributed by atoms with Crippen LogP contribution in [-0.2, 0) is 14.8 Å². The summed E-state index contributed by atoms with van der Waals surface area (Å²) in [6.45, 7) is 2.62. The summed E-state index contributed by atoms with van der Waals surface area (Å²) in [6.07, 6.45) is 3.15. The molecule has 3 aliphatic heterocycles. The normalized spacial score (nSPS) is 24.8. The highest BCUT2D eigenvalue weighted by Crippen LogP contribution is 2.35. The van der Waals surface area contributed by atoms with Crippen LogP contribution in [0.25, 0.3) is 0 Å². The number of aromatic nitrogens is 2. The van der Waals surface area contributed by atoms with Crippen LogP contribution in [0, 0.1) is 0 Å². The van der Waals surface area contributed by atoms with Gasteiger partial charge >= 0.3 is 0 Å². The molecule has 10 heteroatoms. The van der Waals surface area contributed by atoms with E-state index in [0.29, 0.717) is 56.9 Å². The zero-order chi connectivity index (χ0) is 19.1. The molecule has 2 saturated heterocycles. The molecule has 4 heterocycles. The molecule has 9 nitrogen and oxygen atoms in total. The molecule has 2 aromatic rings. The van der Waals surface area contributed by atoms with Gasteiger partial charge in [-0.3, -0.25) is 0 Å². The van der Waals surface area contributed by atoms with Gasteiger partial charge in [0.2, 0.25) is 16.0 Å². The molecule has 0 unspecified atom stereocenters. The van der Waals surface area contributed by atoms with Gasteiger partial charge in [0.05, 0.1) is 23.6 Å². The van der Waals surface area contributed by atoms with Crippen molar-refractivity contribution >= 4 is 16.0 Å². The van der Waals surface area contributed by atoms with Gasteiger partial charge in [-0.05, 0) is 18.2 Å². The Bertz CT molecular complexity index is 971. The summed E-state index contributed by atoms with van der Waals surface area (Å²) in [5, 5.41) is 0. The number of hydrogen-bond acceptors (Lipinski definition) is 8. The molecule has 148 valence electrons. The first-order valence-electron chi connectivity index (χ1n) is 9.18. The predicted octanol–water partition coefficient (Wildman–Crippen LogP) is 0.526. The summed E-state index contributed by atoms with van der Waals surface area (Å²) in [6, 6.07) is 6.37. The Morgan fingerprint density at radius 2 is 1.79 bits per heavy atom. The van der Waals surface area contributed by atoms with Gasteiger partial charge in [0, 0.05) is 38.1 Å². The van der Waals surface area contributed by atoms with Crippen molar-refractivity contribution in [2.45, 2.75) is 17.0 Å². The standard InChI is InChI=1S/C18H20N4O5S/c23-28(24,13-2-3-15-16(10-13)27-9-8-26-15)21-11-14-17(12-21)25-7-6-22(14)18-19-4-1-5-20-18/h1-5,10,14,17H,6-9,11-12H2/t14-,17-/m0/s1. The number of benzene rings is 1. The summed E-state index contributed by atoms with van der Waals surface area (Å²) in [7, 11) is -3.69. The average molecular weight is 404 g/mol. The van der Waals surface area contributed by atoms with Crippen molar-refractivity contribution in [1.82, 2.24) is 14.3 Å². The van der Waals surface area contributed by atoms with E-state index in [9.17, 15) is 8.42 Å². The zero-order valence-electron chi connectivity index (χ0n) is 15.1. The van der Waals surface area contributed by atoms with Crippen LogP contribution in [0.1, 0.15) is 0 Å². The fourth-order valence-corrected chi connectivity index (χ4v) is 5.36. The Kier molecular flexibility index (Phi) is 4.33. The first-order valence-corrected chi connectivity index (χ1v) is 10.6. The molecule has 0 aliphatic carbocycles. The molecule has 1 aromatic heterocycles. The highest BCUT2D eigenvalue weighted by Gasteiger charge is 2.45. The van der Waals surface area contributed by atoms with Crippen molar-refractivity contribution in [3.63, 3.8) is 0 Å². The largest absolute Gasteiger partial charge is 0.486 e. The van der Waals surface area contributed by atoms with Crippen molar-refractivity contribution in [2.75, 3.05) is 44.4 Å². The molecule has 0 spiro atoms. The molecule has 2 atom stereocenters. The minimum absolute atomic E-state index is 0.122. The number of hydrogen-bond donors (Lipinski definition) is 0. The van der Waals surface area contributed by atoms with E-state index < -0.39 is 10.0 Å². The summed E-state index contributed by atoms with van der Waals surface area (Å²) >= 11 is 0. The predicted molar refractivity (Wildman–Crippen MR) is 99.1 cm³/mol. The Labute approximate surface area is 162 Å². The molecule has 2 fully saturated rings. The highest BCUT2D eigenvalue weighted by atomic mass is 32.2. The van der Waals surface area contributed by atoms with E-state index in [0.717, 1.165) is 0 Å². The Morgan fingerprint density at radius 3 is 2.61 bits per heavy atom. The molecular weight excluding hydrogens is 384 g/mol. The SMILES string of the molecule is O=S(=O)(c1ccc2c(c1)OCCO2)N1C[C@@H]2OCCN(c3ncccn3)[C@H]2C1. The Hall–Kier alpha value is -2.43. The summed E-state index contributed by atoms with van der Waals surface area (Å²) < 4.78 is 44.8. The molecule has 3 aliphatic rings. The van der Waals surface area contributed by atoms with E-state index in [1.54, 1.807) is 30.6 Å². The summed E-state index contributed by atoms with van der Waals surface area (Å²) in [5.74, 6) is 1.62. The quantitative estimate of drug-likeness (QED) is 0.731. The first kappa shape index (κ1) is 17.7. The topological polar surface area (TPSA) is 94.1 Å². The third kappa shape index (κ3) is 2.97. The number of fused-ring (bicyclic) bond motifs is 2. The minimum atomic E-state index is -3.69. The molecule has 5 rings (SSSR count). The maximum absolute atomic E-state index is 13.2. The van der Waals surface area contributed by atoms with Crippen LogP contribution >= 0.6 is 0 Å².